The van der Waals surface area contributed by atoms with Crippen molar-refractivity contribution in [3.05, 3.63) is 0 Å². The monoisotopic (exact) mass is 210 g/mol. The normalized spacial score (nSPS) is 27.9. The molecule has 0 N–H and O–H groups in total. The Morgan fingerprint density at radius 2 is 2.40 bits per heavy atom. The highest BCUT2D eigenvalue weighted by Gasteiger charge is 2.41. The number of carbonyl (C=O) groups excluding carboxylic acids is 2. The lowest BCUT2D eigenvalue weighted by Gasteiger charge is -2.17. The summed E-state index contributed by atoms with van der Waals surface area (Å²) in [5.74, 6) is -1.27. The summed E-state index contributed by atoms with van der Waals surface area (Å²) < 4.78 is 4.68. The largest absolute Gasteiger partial charge is 0.460 e. The van der Waals surface area contributed by atoms with E-state index in [0.29, 0.717) is 0 Å². The Morgan fingerprint density at radius 3 is 3.13 bits per heavy atom. The van der Waals surface area contributed by atoms with E-state index in [1.165, 1.54) is 0 Å². The number of rotatable bonds is 3. The number of nitrogens with zero attached hydrogens (tertiary/aromatic N) is 2. The summed E-state index contributed by atoms with van der Waals surface area (Å²) in [7, 11) is 0. The van der Waals surface area contributed by atoms with Crippen molar-refractivity contribution in [2.24, 2.45) is 4.99 Å². The predicted molar refractivity (Wildman–Crippen MR) is 53.6 cm³/mol. The van der Waals surface area contributed by atoms with Gasteiger partial charge in [-0.1, -0.05) is 0 Å². The van der Waals surface area contributed by atoms with Gasteiger partial charge < -0.3 is 9.64 Å². The summed E-state index contributed by atoms with van der Waals surface area (Å²) in [5, 5.41) is 0. The molecule has 5 nitrogen and oxygen atoms in total. The zero-order valence-corrected chi connectivity index (χ0v) is 8.68. The maximum atomic E-state index is 11.7. The smallest absolute Gasteiger partial charge is 0.377 e. The maximum absolute atomic E-state index is 11.7. The highest BCUT2D eigenvalue weighted by Crippen LogP contribution is 2.25. The van der Waals surface area contributed by atoms with Crippen LogP contribution in [0.5, 0.6) is 0 Å². The van der Waals surface area contributed by atoms with Crippen molar-refractivity contribution in [3.63, 3.8) is 0 Å². The number of carbonyl (C=O) groups is 2. The molecule has 2 rings (SSSR count). The minimum atomic E-state index is -0.756. The van der Waals surface area contributed by atoms with E-state index in [1.54, 1.807) is 13.3 Å². The second-order valence-electron chi connectivity index (χ2n) is 3.74. The molecule has 0 aromatic rings. The van der Waals surface area contributed by atoms with E-state index in [4.69, 9.17) is 0 Å². The van der Waals surface area contributed by atoms with Crippen LogP contribution in [0, 0.1) is 0 Å². The minimum absolute atomic E-state index is 0.0851. The fourth-order valence-electron chi connectivity index (χ4n) is 2.12. The van der Waals surface area contributed by atoms with Gasteiger partial charge in [0.1, 0.15) is 6.04 Å². The molecule has 0 bridgehead atoms. The number of hydrogen-bond donors (Lipinski definition) is 0. The number of Topliss-reactive ketones (excluding diaryl/α,β-unsaturated/α-hetero) is 1. The van der Waals surface area contributed by atoms with Crippen LogP contribution in [0.25, 0.3) is 0 Å². The molecule has 1 saturated heterocycles. The molecule has 82 valence electrons. The number of fused-ring (bicyclic) bond motifs is 1. The molecule has 0 radical (unpaired) electrons. The fourth-order valence-corrected chi connectivity index (χ4v) is 2.12. The van der Waals surface area contributed by atoms with Crippen molar-refractivity contribution in [2.75, 3.05) is 13.2 Å². The molecular formula is C10H14N2O3. The van der Waals surface area contributed by atoms with Gasteiger partial charge in [0.15, 0.2) is 0 Å². The Labute approximate surface area is 88.1 Å². The van der Waals surface area contributed by atoms with Crippen LogP contribution in [0.1, 0.15) is 19.8 Å². The van der Waals surface area contributed by atoms with Crippen molar-refractivity contribution < 1.29 is 14.3 Å². The van der Waals surface area contributed by atoms with E-state index in [-0.39, 0.29) is 12.6 Å². The molecule has 2 aliphatic rings. The molecule has 0 spiro atoms. The van der Waals surface area contributed by atoms with E-state index < -0.39 is 17.8 Å². The molecule has 2 aliphatic heterocycles. The molecule has 0 amide bonds. The maximum Gasteiger partial charge on any atom is 0.377 e. The first-order chi connectivity index (χ1) is 7.24. The highest BCUT2D eigenvalue weighted by atomic mass is 16.5. The van der Waals surface area contributed by atoms with Crippen molar-refractivity contribution in [1.29, 1.82) is 0 Å². The van der Waals surface area contributed by atoms with Gasteiger partial charge in [0.25, 0.3) is 5.78 Å². The lowest BCUT2D eigenvalue weighted by molar-refractivity contribution is -0.154. The minimum Gasteiger partial charge on any atom is -0.460 e. The summed E-state index contributed by atoms with van der Waals surface area (Å²) in [4.78, 5) is 29.0. The molecule has 0 aromatic carbocycles. The lowest BCUT2D eigenvalue weighted by Crippen LogP contribution is -2.39. The molecule has 5 heteroatoms. The van der Waals surface area contributed by atoms with Gasteiger partial charge >= 0.3 is 5.97 Å². The third-order valence-electron chi connectivity index (χ3n) is 2.83. The van der Waals surface area contributed by atoms with Crippen molar-refractivity contribution in [2.45, 2.75) is 31.8 Å². The number of ketones is 1. The molecule has 0 saturated carbocycles. The molecule has 2 unspecified atom stereocenters. The lowest BCUT2D eigenvalue weighted by atomic mass is 10.0. The van der Waals surface area contributed by atoms with Crippen molar-refractivity contribution in [3.8, 4) is 0 Å². The Balaban J connectivity index is 2.02. The molecule has 2 heterocycles. The van der Waals surface area contributed by atoms with Gasteiger partial charge in [-0.3, -0.25) is 9.79 Å². The molecule has 0 aliphatic carbocycles. The average molecular weight is 210 g/mol. The van der Waals surface area contributed by atoms with Crippen LogP contribution in [-0.2, 0) is 14.3 Å². The first-order valence-electron chi connectivity index (χ1n) is 5.24. The Morgan fingerprint density at radius 1 is 1.60 bits per heavy atom. The van der Waals surface area contributed by atoms with E-state index in [2.05, 4.69) is 9.73 Å². The third kappa shape index (κ3) is 1.73. The van der Waals surface area contributed by atoms with Crippen LogP contribution in [-0.4, -0.2) is 48.2 Å². The second-order valence-corrected chi connectivity index (χ2v) is 3.74. The molecule has 15 heavy (non-hydrogen) atoms. The third-order valence-corrected chi connectivity index (χ3v) is 2.83. The molecule has 2 atom stereocenters. The number of hydrogen-bond acceptors (Lipinski definition) is 5. The summed E-state index contributed by atoms with van der Waals surface area (Å²) in [5.41, 5.74) is 0. The van der Waals surface area contributed by atoms with Crippen LogP contribution in [0.3, 0.4) is 0 Å². The number of ether oxygens (including phenoxy) is 1. The zero-order chi connectivity index (χ0) is 10.8. The van der Waals surface area contributed by atoms with E-state index in [0.717, 1.165) is 19.4 Å². The standard InChI is InChI=1S/C10H14N2O3/c1-2-15-10(14)9(13)8-7-4-3-5-12(7)6-11-8/h6-8H,2-5H2,1H3. The van der Waals surface area contributed by atoms with Gasteiger partial charge in [0, 0.05) is 6.54 Å². The SMILES string of the molecule is CCOC(=O)C(=O)C1N=CN2CCCC12. The molecule has 0 aromatic heterocycles. The van der Waals surface area contributed by atoms with Gasteiger partial charge in [0.2, 0.25) is 0 Å². The Hall–Kier alpha value is -1.39. The Kier molecular flexibility index (Phi) is 2.70. The van der Waals surface area contributed by atoms with Crippen molar-refractivity contribution in [1.82, 2.24) is 4.90 Å². The summed E-state index contributed by atoms with van der Waals surface area (Å²) in [6.45, 7) is 2.85. The van der Waals surface area contributed by atoms with E-state index in [1.807, 2.05) is 4.90 Å². The fraction of sp³-hybridized carbons (Fsp3) is 0.700. The second kappa shape index (κ2) is 4.00. The quantitative estimate of drug-likeness (QED) is 0.485. The first kappa shape index (κ1) is 10.1. The summed E-state index contributed by atoms with van der Waals surface area (Å²) >= 11 is 0. The summed E-state index contributed by atoms with van der Waals surface area (Å²) in [6.07, 6.45) is 3.67. The Bertz CT molecular complexity index is 314. The molecular weight excluding hydrogens is 196 g/mol. The van der Waals surface area contributed by atoms with E-state index >= 15 is 0 Å². The first-order valence-corrected chi connectivity index (χ1v) is 5.24. The van der Waals surface area contributed by atoms with Crippen LogP contribution >= 0.6 is 0 Å². The number of aliphatic imine (C=N–C) groups is 1. The zero-order valence-electron chi connectivity index (χ0n) is 8.68. The van der Waals surface area contributed by atoms with Crippen molar-refractivity contribution >= 4 is 18.1 Å². The topological polar surface area (TPSA) is 59.0 Å². The van der Waals surface area contributed by atoms with Gasteiger partial charge in [-0.05, 0) is 19.8 Å². The van der Waals surface area contributed by atoms with Gasteiger partial charge in [-0.25, -0.2) is 4.79 Å². The highest BCUT2D eigenvalue weighted by molar-refractivity contribution is 6.36. The van der Waals surface area contributed by atoms with Crippen LogP contribution in [0.4, 0.5) is 0 Å². The number of esters is 1. The van der Waals surface area contributed by atoms with Gasteiger partial charge in [-0.15, -0.1) is 0 Å². The van der Waals surface area contributed by atoms with E-state index in [9.17, 15) is 9.59 Å². The summed E-state index contributed by atoms with van der Waals surface area (Å²) in [6, 6.07) is -0.451. The molecule has 1 fully saturated rings. The van der Waals surface area contributed by atoms with Crippen LogP contribution in [0.15, 0.2) is 4.99 Å². The average Bonchev–Trinajstić information content (AvgIpc) is 2.77. The van der Waals surface area contributed by atoms with Gasteiger partial charge in [0.05, 0.1) is 19.0 Å². The van der Waals surface area contributed by atoms with Crippen LogP contribution in [0.2, 0.25) is 0 Å². The predicted octanol–water partition coefficient (Wildman–Crippen LogP) is -0.00650. The van der Waals surface area contributed by atoms with Crippen LogP contribution < -0.4 is 0 Å². The van der Waals surface area contributed by atoms with Gasteiger partial charge in [-0.2, -0.15) is 0 Å².